The highest BCUT2D eigenvalue weighted by Gasteiger charge is 2.16. The van der Waals surface area contributed by atoms with E-state index in [1.165, 1.54) is 11.1 Å². The van der Waals surface area contributed by atoms with Crippen LogP contribution in [0.15, 0.2) is 47.9 Å². The number of rotatable bonds is 5. The molecule has 2 rings (SSSR count). The highest BCUT2D eigenvalue weighted by molar-refractivity contribution is 7.99. The van der Waals surface area contributed by atoms with Crippen molar-refractivity contribution in [2.75, 3.05) is 0 Å². The van der Waals surface area contributed by atoms with Crippen LogP contribution in [-0.4, -0.2) is 15.2 Å². The minimum Gasteiger partial charge on any atom is -0.323 e. The highest BCUT2D eigenvalue weighted by Crippen LogP contribution is 2.29. The van der Waals surface area contributed by atoms with Crippen LogP contribution in [0.25, 0.3) is 0 Å². The van der Waals surface area contributed by atoms with Crippen LogP contribution in [0.1, 0.15) is 31.0 Å². The molecule has 1 aromatic heterocycles. The van der Waals surface area contributed by atoms with Gasteiger partial charge >= 0.3 is 0 Å². The Kier molecular flexibility index (Phi) is 4.93. The van der Waals surface area contributed by atoms with Crippen molar-refractivity contribution in [1.82, 2.24) is 9.97 Å². The van der Waals surface area contributed by atoms with Crippen molar-refractivity contribution in [2.24, 2.45) is 5.73 Å². The van der Waals surface area contributed by atoms with Crippen LogP contribution < -0.4 is 5.73 Å². The van der Waals surface area contributed by atoms with Crippen LogP contribution >= 0.6 is 11.8 Å². The number of benzene rings is 1. The Labute approximate surface area is 118 Å². The lowest BCUT2D eigenvalue weighted by molar-refractivity contribution is 0.713. The summed E-state index contributed by atoms with van der Waals surface area (Å²) in [5, 5.41) is 1.17. The van der Waals surface area contributed by atoms with Crippen LogP contribution in [0.5, 0.6) is 0 Å². The molecule has 0 bridgehead atoms. The largest absolute Gasteiger partial charge is 0.323 e. The molecule has 0 aliphatic carbocycles. The molecule has 2 unspecified atom stereocenters. The Bertz CT molecular complexity index is 499. The van der Waals surface area contributed by atoms with Crippen LogP contribution in [0, 0.1) is 0 Å². The predicted octanol–water partition coefficient (Wildman–Crippen LogP) is 3.22. The Hall–Kier alpha value is -1.39. The first-order valence-electron chi connectivity index (χ1n) is 6.47. The van der Waals surface area contributed by atoms with Gasteiger partial charge in [-0.1, -0.05) is 49.9 Å². The van der Waals surface area contributed by atoms with Crippen LogP contribution in [-0.2, 0) is 6.42 Å². The number of hydrogen-bond acceptors (Lipinski definition) is 4. The fourth-order valence-electron chi connectivity index (χ4n) is 1.86. The standard InChI is InChI=1S/C15H19N3S/c1-3-12-4-6-13(7-5-12)15(16)11(2)19-14-10-17-8-9-18-14/h4-11,15H,3,16H2,1-2H3. The normalized spacial score (nSPS) is 14.1. The lowest BCUT2D eigenvalue weighted by Gasteiger charge is -2.19. The van der Waals surface area contributed by atoms with Gasteiger partial charge in [-0.05, 0) is 17.5 Å². The van der Waals surface area contributed by atoms with E-state index in [9.17, 15) is 0 Å². The minimum atomic E-state index is -0.00193. The summed E-state index contributed by atoms with van der Waals surface area (Å²) in [7, 11) is 0. The van der Waals surface area contributed by atoms with Gasteiger partial charge in [0.25, 0.3) is 0 Å². The Morgan fingerprint density at radius 2 is 1.95 bits per heavy atom. The summed E-state index contributed by atoms with van der Waals surface area (Å²) in [6.07, 6.45) is 6.21. The number of aromatic nitrogens is 2. The van der Waals surface area contributed by atoms with E-state index in [1.807, 2.05) is 0 Å². The van der Waals surface area contributed by atoms with Crippen LogP contribution in [0.4, 0.5) is 0 Å². The molecule has 4 heteroatoms. The molecule has 100 valence electrons. The molecule has 1 heterocycles. The first-order chi connectivity index (χ1) is 9.20. The smallest absolute Gasteiger partial charge is 0.115 e. The summed E-state index contributed by atoms with van der Waals surface area (Å²) in [5.74, 6) is 0. The first-order valence-corrected chi connectivity index (χ1v) is 7.35. The number of nitrogens with zero attached hydrogens (tertiary/aromatic N) is 2. The van der Waals surface area contributed by atoms with Crippen molar-refractivity contribution in [1.29, 1.82) is 0 Å². The number of hydrogen-bond donors (Lipinski definition) is 1. The fraction of sp³-hybridized carbons (Fsp3) is 0.333. The molecule has 0 aliphatic heterocycles. The molecule has 2 N–H and O–H groups in total. The SMILES string of the molecule is CCc1ccc(C(N)C(C)Sc2cnccn2)cc1. The first kappa shape index (κ1) is 14.0. The van der Waals surface area contributed by atoms with Gasteiger partial charge in [-0.2, -0.15) is 0 Å². The molecule has 2 atom stereocenters. The van der Waals surface area contributed by atoms with Gasteiger partial charge in [0.1, 0.15) is 5.03 Å². The van der Waals surface area contributed by atoms with Crippen LogP contribution in [0.2, 0.25) is 0 Å². The molecule has 2 aromatic rings. The third kappa shape index (κ3) is 3.78. The quantitative estimate of drug-likeness (QED) is 0.850. The van der Waals surface area contributed by atoms with Crippen molar-refractivity contribution in [3.05, 3.63) is 54.0 Å². The zero-order valence-electron chi connectivity index (χ0n) is 11.3. The summed E-state index contributed by atoms with van der Waals surface area (Å²) >= 11 is 1.66. The van der Waals surface area contributed by atoms with Crippen molar-refractivity contribution in [3.8, 4) is 0 Å². The van der Waals surface area contributed by atoms with Gasteiger partial charge in [-0.25, -0.2) is 4.98 Å². The maximum atomic E-state index is 6.31. The zero-order valence-corrected chi connectivity index (χ0v) is 12.1. The predicted molar refractivity (Wildman–Crippen MR) is 80.1 cm³/mol. The van der Waals surface area contributed by atoms with Crippen molar-refractivity contribution in [2.45, 2.75) is 36.6 Å². The fourth-order valence-corrected chi connectivity index (χ4v) is 2.78. The molecule has 0 aliphatic rings. The van der Waals surface area contributed by atoms with Gasteiger partial charge in [0.15, 0.2) is 0 Å². The van der Waals surface area contributed by atoms with Crippen molar-refractivity contribution < 1.29 is 0 Å². The molecule has 1 aromatic carbocycles. The van der Waals surface area contributed by atoms with Gasteiger partial charge in [0, 0.05) is 23.7 Å². The molecular weight excluding hydrogens is 254 g/mol. The summed E-state index contributed by atoms with van der Waals surface area (Å²) in [6, 6.07) is 8.54. The maximum absolute atomic E-state index is 6.31. The van der Waals surface area contributed by atoms with E-state index < -0.39 is 0 Å². The molecule has 0 amide bonds. The lowest BCUT2D eigenvalue weighted by Crippen LogP contribution is -2.21. The molecular formula is C15H19N3S. The van der Waals surface area contributed by atoms with Crippen LogP contribution in [0.3, 0.4) is 0 Å². The third-order valence-electron chi connectivity index (χ3n) is 3.12. The highest BCUT2D eigenvalue weighted by atomic mass is 32.2. The second-order valence-corrected chi connectivity index (χ2v) is 5.89. The van der Waals surface area contributed by atoms with Gasteiger partial charge in [-0.3, -0.25) is 4.98 Å². The second kappa shape index (κ2) is 6.68. The molecule has 0 saturated carbocycles. The number of aryl methyl sites for hydroxylation is 1. The molecule has 19 heavy (non-hydrogen) atoms. The summed E-state index contributed by atoms with van der Waals surface area (Å²) < 4.78 is 0. The Morgan fingerprint density at radius 3 is 2.53 bits per heavy atom. The van der Waals surface area contributed by atoms with E-state index in [0.717, 1.165) is 11.4 Å². The maximum Gasteiger partial charge on any atom is 0.115 e. The van der Waals surface area contributed by atoms with E-state index in [4.69, 9.17) is 5.73 Å². The molecule has 3 nitrogen and oxygen atoms in total. The summed E-state index contributed by atoms with van der Waals surface area (Å²) in [6.45, 7) is 4.28. The van der Waals surface area contributed by atoms with E-state index >= 15 is 0 Å². The van der Waals surface area contributed by atoms with E-state index in [1.54, 1.807) is 30.4 Å². The lowest BCUT2D eigenvalue weighted by atomic mass is 10.0. The van der Waals surface area contributed by atoms with Gasteiger partial charge in [0.05, 0.1) is 6.20 Å². The summed E-state index contributed by atoms with van der Waals surface area (Å²) in [5.41, 5.74) is 8.81. The second-order valence-electron chi connectivity index (χ2n) is 4.49. The average Bonchev–Trinajstić information content (AvgIpc) is 2.47. The van der Waals surface area contributed by atoms with E-state index in [2.05, 4.69) is 48.1 Å². The van der Waals surface area contributed by atoms with Gasteiger partial charge in [-0.15, -0.1) is 0 Å². The Morgan fingerprint density at radius 1 is 1.21 bits per heavy atom. The third-order valence-corrected chi connectivity index (χ3v) is 4.24. The van der Waals surface area contributed by atoms with Gasteiger partial charge < -0.3 is 5.73 Å². The molecule has 0 fully saturated rings. The molecule has 0 saturated heterocycles. The van der Waals surface area contributed by atoms with Gasteiger partial charge in [0.2, 0.25) is 0 Å². The summed E-state index contributed by atoms with van der Waals surface area (Å²) in [4.78, 5) is 8.34. The topological polar surface area (TPSA) is 51.8 Å². The zero-order chi connectivity index (χ0) is 13.7. The average molecular weight is 273 g/mol. The minimum absolute atomic E-state index is 0.00193. The van der Waals surface area contributed by atoms with E-state index in [-0.39, 0.29) is 11.3 Å². The van der Waals surface area contributed by atoms with E-state index in [0.29, 0.717) is 0 Å². The van der Waals surface area contributed by atoms with Crippen molar-refractivity contribution in [3.63, 3.8) is 0 Å². The number of nitrogens with two attached hydrogens (primary N) is 1. The number of thioether (sulfide) groups is 1. The molecule has 0 radical (unpaired) electrons. The Balaban J connectivity index is 2.03. The van der Waals surface area contributed by atoms with Crippen molar-refractivity contribution >= 4 is 11.8 Å². The monoisotopic (exact) mass is 273 g/mol. The molecule has 0 spiro atoms.